The summed E-state index contributed by atoms with van der Waals surface area (Å²) in [7, 11) is -0.684. The maximum atomic E-state index is 14.1. The summed E-state index contributed by atoms with van der Waals surface area (Å²) in [6.45, 7) is 5.40. The molecule has 1 saturated carbocycles. The summed E-state index contributed by atoms with van der Waals surface area (Å²) in [4.78, 5) is 13.9. The Morgan fingerprint density at radius 2 is 2.00 bits per heavy atom. The highest BCUT2D eigenvalue weighted by atomic mass is 31.2. The van der Waals surface area contributed by atoms with E-state index in [1.807, 2.05) is 6.07 Å². The predicted molar refractivity (Wildman–Crippen MR) is 140 cm³/mol. The molecule has 0 spiro atoms. The SMILES string of the molecule is CN1CCOCCCc2ccc3c(c[nH]c3c2P(C)(C)=O)-c2nc(ncc2C(F)(F)F)N[C@H]2CC[C@H]1C2. The van der Waals surface area contributed by atoms with E-state index in [0.717, 1.165) is 44.0 Å². The molecule has 2 aromatic heterocycles. The van der Waals surface area contributed by atoms with Crippen molar-refractivity contribution in [3.05, 3.63) is 35.7 Å². The Labute approximate surface area is 214 Å². The lowest BCUT2D eigenvalue weighted by molar-refractivity contribution is -0.137. The molecule has 1 aromatic carbocycles. The number of halogens is 3. The molecule has 37 heavy (non-hydrogen) atoms. The number of likely N-dealkylation sites (N-methyl/N-ethyl adjacent to an activating group) is 1. The van der Waals surface area contributed by atoms with Crippen molar-refractivity contribution in [2.24, 2.45) is 0 Å². The van der Waals surface area contributed by atoms with Crippen molar-refractivity contribution >= 4 is 29.3 Å². The van der Waals surface area contributed by atoms with Gasteiger partial charge in [0, 0.05) is 53.9 Å². The summed E-state index contributed by atoms with van der Waals surface area (Å²) >= 11 is 0. The van der Waals surface area contributed by atoms with Crippen LogP contribution in [0.3, 0.4) is 0 Å². The molecule has 200 valence electrons. The average Bonchev–Trinajstić information content (AvgIpc) is 3.46. The molecule has 4 heterocycles. The smallest absolute Gasteiger partial charge is 0.380 e. The minimum Gasteiger partial charge on any atom is -0.380 e. The van der Waals surface area contributed by atoms with E-state index in [2.05, 4.69) is 32.2 Å². The number of ether oxygens (including phenoxy) is 1. The van der Waals surface area contributed by atoms with E-state index in [1.54, 1.807) is 19.4 Å². The largest absolute Gasteiger partial charge is 0.419 e. The van der Waals surface area contributed by atoms with Gasteiger partial charge in [-0.2, -0.15) is 13.2 Å². The number of hydrogen-bond donors (Lipinski definition) is 2. The van der Waals surface area contributed by atoms with Gasteiger partial charge in [-0.05, 0) is 58.0 Å². The number of nitrogens with one attached hydrogen (secondary N) is 2. The van der Waals surface area contributed by atoms with Crippen LogP contribution in [-0.4, -0.2) is 72.1 Å². The summed E-state index contributed by atoms with van der Waals surface area (Å²) in [6.07, 6.45) is 1.94. The van der Waals surface area contributed by atoms with Crippen LogP contribution in [0.5, 0.6) is 0 Å². The van der Waals surface area contributed by atoms with Crippen LogP contribution in [-0.2, 0) is 21.9 Å². The molecule has 8 bridgehead atoms. The molecular weight excluding hydrogens is 502 g/mol. The van der Waals surface area contributed by atoms with Gasteiger partial charge in [-0.1, -0.05) is 12.1 Å². The van der Waals surface area contributed by atoms with E-state index in [-0.39, 0.29) is 17.7 Å². The first kappa shape index (κ1) is 26.2. The molecule has 7 nitrogen and oxygen atoms in total. The molecule has 3 aromatic rings. The molecule has 1 aliphatic carbocycles. The predicted octanol–water partition coefficient (Wildman–Crippen LogP) is 5.12. The van der Waals surface area contributed by atoms with Crippen molar-refractivity contribution in [3.8, 4) is 11.3 Å². The molecular formula is C26H33F3N5O2P. The summed E-state index contributed by atoms with van der Waals surface area (Å²) in [5.41, 5.74) is 0.759. The van der Waals surface area contributed by atoms with Crippen LogP contribution in [0.15, 0.2) is 24.5 Å². The fourth-order valence-electron chi connectivity index (χ4n) is 5.63. The summed E-state index contributed by atoms with van der Waals surface area (Å²) in [5, 5.41) is 4.51. The second-order valence-corrected chi connectivity index (χ2v) is 13.7. The first-order valence-electron chi connectivity index (χ1n) is 12.7. The summed E-state index contributed by atoms with van der Waals surface area (Å²) in [6, 6.07) is 4.12. The molecule has 0 saturated heterocycles. The van der Waals surface area contributed by atoms with E-state index in [0.29, 0.717) is 47.4 Å². The Morgan fingerprint density at radius 1 is 1.19 bits per heavy atom. The number of H-pyrrole nitrogens is 1. The van der Waals surface area contributed by atoms with Gasteiger partial charge in [-0.3, -0.25) is 0 Å². The number of benzene rings is 1. The third-order valence-electron chi connectivity index (χ3n) is 7.48. The molecule has 11 heteroatoms. The van der Waals surface area contributed by atoms with Crippen LogP contribution in [0.25, 0.3) is 22.2 Å². The standard InChI is InChI=1S/C26H33F3N5O2P/c1-34-10-12-36-11-4-5-16-6-9-19-20(14-30-23(19)24(16)37(2,3)35)22-21(26(27,28)29)15-31-25(33-22)32-17-7-8-18(34)13-17/h6,9,14-15,17-18,30H,4-5,7-8,10-13H2,1-3H3,(H,31,32,33)/t17-,18-/m0/s1. The van der Waals surface area contributed by atoms with Gasteiger partial charge in [-0.15, -0.1) is 0 Å². The Hall–Kier alpha value is -2.42. The Balaban J connectivity index is 1.65. The number of aromatic nitrogens is 3. The van der Waals surface area contributed by atoms with E-state index < -0.39 is 18.9 Å². The molecule has 2 aliphatic heterocycles. The van der Waals surface area contributed by atoms with Gasteiger partial charge >= 0.3 is 6.18 Å². The molecule has 2 atom stereocenters. The number of alkyl halides is 3. The van der Waals surface area contributed by atoms with Gasteiger partial charge in [0.15, 0.2) is 0 Å². The van der Waals surface area contributed by atoms with Gasteiger partial charge < -0.3 is 24.5 Å². The molecule has 0 radical (unpaired) electrons. The highest BCUT2D eigenvalue weighted by Crippen LogP contribution is 2.43. The third kappa shape index (κ3) is 5.42. The number of nitrogens with zero attached hydrogens (tertiary/aromatic N) is 3. The maximum absolute atomic E-state index is 14.1. The zero-order chi connectivity index (χ0) is 26.4. The minimum absolute atomic E-state index is 0.0724. The Kier molecular flexibility index (Phi) is 7.11. The van der Waals surface area contributed by atoms with Gasteiger partial charge in [0.2, 0.25) is 5.95 Å². The normalized spacial score (nSPS) is 22.1. The molecule has 2 N–H and O–H groups in total. The van der Waals surface area contributed by atoms with E-state index in [9.17, 15) is 17.7 Å². The van der Waals surface area contributed by atoms with Crippen molar-refractivity contribution in [2.75, 3.05) is 45.5 Å². The highest BCUT2D eigenvalue weighted by molar-refractivity contribution is 7.70. The van der Waals surface area contributed by atoms with Gasteiger partial charge in [0.25, 0.3) is 0 Å². The van der Waals surface area contributed by atoms with Crippen LogP contribution in [0, 0.1) is 0 Å². The fraction of sp³-hybridized carbons (Fsp3) is 0.538. The monoisotopic (exact) mass is 535 g/mol. The van der Waals surface area contributed by atoms with Gasteiger partial charge in [0.1, 0.15) is 12.7 Å². The van der Waals surface area contributed by atoms with Crippen molar-refractivity contribution < 1.29 is 22.5 Å². The lowest BCUT2D eigenvalue weighted by Gasteiger charge is -2.24. The van der Waals surface area contributed by atoms with Crippen LogP contribution in [0.4, 0.5) is 19.1 Å². The first-order valence-corrected chi connectivity index (χ1v) is 15.3. The van der Waals surface area contributed by atoms with Crippen LogP contribution >= 0.6 is 7.14 Å². The minimum atomic E-state index is -4.62. The van der Waals surface area contributed by atoms with Crippen molar-refractivity contribution in [1.29, 1.82) is 0 Å². The summed E-state index contributed by atoms with van der Waals surface area (Å²) in [5.74, 6) is 0.181. The third-order valence-corrected chi connectivity index (χ3v) is 9.07. The zero-order valence-electron chi connectivity index (χ0n) is 21.4. The number of rotatable bonds is 1. The first-order chi connectivity index (χ1) is 17.5. The molecule has 1 fully saturated rings. The number of fused-ring (bicyclic) bond motifs is 7. The lowest BCUT2D eigenvalue weighted by Crippen LogP contribution is -2.33. The van der Waals surface area contributed by atoms with Gasteiger partial charge in [0.05, 0.1) is 17.8 Å². The average molecular weight is 536 g/mol. The number of anilines is 1. The maximum Gasteiger partial charge on any atom is 0.419 e. The molecule has 6 rings (SSSR count). The van der Waals surface area contributed by atoms with Crippen LogP contribution in [0.2, 0.25) is 0 Å². The number of hydrogen-bond acceptors (Lipinski definition) is 6. The van der Waals surface area contributed by atoms with Crippen LogP contribution in [0.1, 0.15) is 36.8 Å². The highest BCUT2D eigenvalue weighted by Gasteiger charge is 2.37. The van der Waals surface area contributed by atoms with Crippen molar-refractivity contribution in [2.45, 2.75) is 50.4 Å². The second-order valence-electron chi connectivity index (χ2n) is 10.5. The fourth-order valence-corrected chi connectivity index (χ4v) is 7.23. The van der Waals surface area contributed by atoms with Crippen molar-refractivity contribution in [1.82, 2.24) is 19.9 Å². The topological polar surface area (TPSA) is 83.1 Å². The molecule has 0 amide bonds. The quantitative estimate of drug-likeness (QED) is 0.421. The van der Waals surface area contributed by atoms with E-state index in [4.69, 9.17) is 4.74 Å². The number of aryl methyl sites for hydroxylation is 1. The van der Waals surface area contributed by atoms with Crippen LogP contribution < -0.4 is 10.6 Å². The van der Waals surface area contributed by atoms with E-state index in [1.165, 1.54) is 6.20 Å². The Morgan fingerprint density at radius 3 is 2.76 bits per heavy atom. The summed E-state index contributed by atoms with van der Waals surface area (Å²) < 4.78 is 61.5. The zero-order valence-corrected chi connectivity index (χ0v) is 22.3. The Bertz CT molecular complexity index is 1340. The second kappa shape index (κ2) is 10.0. The molecule has 3 aliphatic rings. The van der Waals surface area contributed by atoms with Crippen molar-refractivity contribution in [3.63, 3.8) is 0 Å². The number of aromatic amines is 1. The lowest BCUT2D eigenvalue weighted by atomic mass is 10.0. The van der Waals surface area contributed by atoms with Gasteiger partial charge in [-0.25, -0.2) is 9.97 Å². The molecule has 0 unspecified atom stereocenters. The van der Waals surface area contributed by atoms with E-state index >= 15 is 0 Å².